The summed E-state index contributed by atoms with van der Waals surface area (Å²) in [6.45, 7) is 0. The Kier molecular flexibility index (Phi) is 3.92. The van der Waals surface area contributed by atoms with Gasteiger partial charge < -0.3 is 14.8 Å². The fourth-order valence-corrected chi connectivity index (χ4v) is 1.50. The summed E-state index contributed by atoms with van der Waals surface area (Å²) < 4.78 is 10.1. The van der Waals surface area contributed by atoms with Crippen molar-refractivity contribution in [3.05, 3.63) is 42.2 Å². The number of ether oxygens (including phenoxy) is 2. The van der Waals surface area contributed by atoms with Crippen LogP contribution in [0.4, 0.5) is 5.69 Å². The number of carbonyl (C=O) groups excluding carboxylic acids is 1. The van der Waals surface area contributed by atoms with E-state index < -0.39 is 0 Å². The van der Waals surface area contributed by atoms with E-state index in [0.29, 0.717) is 17.1 Å². The molecule has 0 atom stereocenters. The van der Waals surface area contributed by atoms with Crippen LogP contribution in [0.15, 0.2) is 36.7 Å². The molecule has 1 amide bonds. The van der Waals surface area contributed by atoms with Crippen LogP contribution in [0.3, 0.4) is 0 Å². The summed E-state index contributed by atoms with van der Waals surface area (Å²) in [6, 6.07) is 6.67. The standard InChI is InChI=1S/C13H13N3O3/c1-18-11-6-5-10(13(16-11)19-2)12(17)15-9-4-3-7-14-8-9/h3-8H,1-2H3,(H,15,17). The Labute approximate surface area is 110 Å². The Bertz CT molecular complexity index is 573. The largest absolute Gasteiger partial charge is 0.481 e. The van der Waals surface area contributed by atoms with Gasteiger partial charge in [-0.15, -0.1) is 0 Å². The molecule has 0 spiro atoms. The number of hydrogen-bond acceptors (Lipinski definition) is 5. The van der Waals surface area contributed by atoms with Crippen molar-refractivity contribution in [1.29, 1.82) is 0 Å². The summed E-state index contributed by atoms with van der Waals surface area (Å²) in [6.07, 6.45) is 3.19. The van der Waals surface area contributed by atoms with Gasteiger partial charge in [-0.2, -0.15) is 4.98 Å². The molecule has 0 radical (unpaired) electrons. The molecule has 0 saturated carbocycles. The molecule has 0 aliphatic rings. The van der Waals surface area contributed by atoms with Gasteiger partial charge in [0.25, 0.3) is 5.91 Å². The molecule has 0 fully saturated rings. The Morgan fingerprint density at radius 1 is 1.21 bits per heavy atom. The number of nitrogens with one attached hydrogen (secondary N) is 1. The van der Waals surface area contributed by atoms with Crippen LogP contribution >= 0.6 is 0 Å². The molecule has 0 aromatic carbocycles. The second-order valence-corrected chi connectivity index (χ2v) is 3.61. The molecule has 1 N–H and O–H groups in total. The van der Waals surface area contributed by atoms with Gasteiger partial charge >= 0.3 is 0 Å². The molecule has 6 nitrogen and oxygen atoms in total. The van der Waals surface area contributed by atoms with Gasteiger partial charge in [0.15, 0.2) is 0 Å². The summed E-state index contributed by atoms with van der Waals surface area (Å²) in [5, 5.41) is 2.71. The quantitative estimate of drug-likeness (QED) is 0.905. The second-order valence-electron chi connectivity index (χ2n) is 3.61. The third kappa shape index (κ3) is 2.98. The van der Waals surface area contributed by atoms with Crippen molar-refractivity contribution in [1.82, 2.24) is 9.97 Å². The van der Waals surface area contributed by atoms with Gasteiger partial charge in [-0.25, -0.2) is 0 Å². The lowest BCUT2D eigenvalue weighted by molar-refractivity contribution is 0.102. The van der Waals surface area contributed by atoms with E-state index in [1.54, 1.807) is 36.7 Å². The summed E-state index contributed by atoms with van der Waals surface area (Å²) in [5.74, 6) is 0.274. The zero-order valence-electron chi connectivity index (χ0n) is 10.6. The average Bonchev–Trinajstić information content (AvgIpc) is 2.47. The highest BCUT2D eigenvalue weighted by atomic mass is 16.5. The number of carbonyl (C=O) groups is 1. The molecular formula is C13H13N3O3. The van der Waals surface area contributed by atoms with Crippen LogP contribution in [0.1, 0.15) is 10.4 Å². The van der Waals surface area contributed by atoms with Crippen molar-refractivity contribution in [2.75, 3.05) is 19.5 Å². The molecular weight excluding hydrogens is 246 g/mol. The fourth-order valence-electron chi connectivity index (χ4n) is 1.50. The minimum atomic E-state index is -0.319. The lowest BCUT2D eigenvalue weighted by Crippen LogP contribution is -2.14. The number of amides is 1. The predicted molar refractivity (Wildman–Crippen MR) is 69.5 cm³/mol. The first-order valence-corrected chi connectivity index (χ1v) is 5.55. The number of pyridine rings is 2. The van der Waals surface area contributed by atoms with Gasteiger partial charge in [0, 0.05) is 12.3 Å². The summed E-state index contributed by atoms with van der Waals surface area (Å²) in [5.41, 5.74) is 0.928. The summed E-state index contributed by atoms with van der Waals surface area (Å²) in [4.78, 5) is 20.1. The van der Waals surface area contributed by atoms with Crippen LogP contribution in [0.25, 0.3) is 0 Å². The monoisotopic (exact) mass is 259 g/mol. The van der Waals surface area contributed by atoms with Crippen LogP contribution < -0.4 is 14.8 Å². The molecule has 19 heavy (non-hydrogen) atoms. The number of nitrogens with zero attached hydrogens (tertiary/aromatic N) is 2. The molecule has 2 heterocycles. The van der Waals surface area contributed by atoms with E-state index in [4.69, 9.17) is 9.47 Å². The number of hydrogen-bond donors (Lipinski definition) is 1. The number of aromatic nitrogens is 2. The minimum absolute atomic E-state index is 0.209. The maximum atomic E-state index is 12.1. The van der Waals surface area contributed by atoms with Crippen molar-refractivity contribution in [3.8, 4) is 11.8 Å². The number of rotatable bonds is 4. The van der Waals surface area contributed by atoms with E-state index in [1.807, 2.05) is 0 Å². The predicted octanol–water partition coefficient (Wildman–Crippen LogP) is 1.75. The van der Waals surface area contributed by atoms with E-state index in [1.165, 1.54) is 14.2 Å². The molecule has 0 bridgehead atoms. The zero-order chi connectivity index (χ0) is 13.7. The van der Waals surface area contributed by atoms with Crippen molar-refractivity contribution < 1.29 is 14.3 Å². The van der Waals surface area contributed by atoms with E-state index in [-0.39, 0.29) is 11.8 Å². The van der Waals surface area contributed by atoms with Crippen LogP contribution in [0, 0.1) is 0 Å². The molecule has 2 rings (SSSR count). The zero-order valence-corrected chi connectivity index (χ0v) is 10.6. The highest BCUT2D eigenvalue weighted by Gasteiger charge is 2.14. The summed E-state index contributed by atoms with van der Waals surface area (Å²) >= 11 is 0. The van der Waals surface area contributed by atoms with Gasteiger partial charge in [0.1, 0.15) is 5.56 Å². The Morgan fingerprint density at radius 2 is 2.05 bits per heavy atom. The number of methoxy groups -OCH3 is 2. The summed E-state index contributed by atoms with van der Waals surface area (Å²) in [7, 11) is 2.94. The number of anilines is 1. The molecule has 0 unspecified atom stereocenters. The van der Waals surface area contributed by atoms with Crippen LogP contribution in [-0.4, -0.2) is 30.1 Å². The van der Waals surface area contributed by atoms with E-state index >= 15 is 0 Å². The molecule has 0 aliphatic carbocycles. The average molecular weight is 259 g/mol. The van der Waals surface area contributed by atoms with Crippen molar-refractivity contribution in [2.24, 2.45) is 0 Å². The minimum Gasteiger partial charge on any atom is -0.481 e. The maximum Gasteiger partial charge on any atom is 0.261 e. The van der Waals surface area contributed by atoms with Crippen LogP contribution in [0.5, 0.6) is 11.8 Å². The van der Waals surface area contributed by atoms with Gasteiger partial charge in [0.2, 0.25) is 11.8 Å². The molecule has 6 heteroatoms. The van der Waals surface area contributed by atoms with Gasteiger partial charge in [0.05, 0.1) is 26.1 Å². The van der Waals surface area contributed by atoms with E-state index in [2.05, 4.69) is 15.3 Å². The van der Waals surface area contributed by atoms with E-state index in [9.17, 15) is 4.79 Å². The Balaban J connectivity index is 2.24. The molecule has 98 valence electrons. The van der Waals surface area contributed by atoms with Crippen molar-refractivity contribution >= 4 is 11.6 Å². The molecule has 2 aromatic rings. The lowest BCUT2D eigenvalue weighted by atomic mass is 10.2. The molecule has 0 saturated heterocycles. The molecule has 2 aromatic heterocycles. The van der Waals surface area contributed by atoms with Crippen LogP contribution in [-0.2, 0) is 0 Å². The maximum absolute atomic E-state index is 12.1. The third-order valence-corrected chi connectivity index (χ3v) is 2.40. The highest BCUT2D eigenvalue weighted by Crippen LogP contribution is 2.20. The lowest BCUT2D eigenvalue weighted by Gasteiger charge is -2.09. The topological polar surface area (TPSA) is 73.3 Å². The van der Waals surface area contributed by atoms with Gasteiger partial charge in [-0.05, 0) is 18.2 Å². The second kappa shape index (κ2) is 5.81. The van der Waals surface area contributed by atoms with Crippen molar-refractivity contribution in [3.63, 3.8) is 0 Å². The Morgan fingerprint density at radius 3 is 2.68 bits per heavy atom. The fraction of sp³-hybridized carbons (Fsp3) is 0.154. The van der Waals surface area contributed by atoms with Gasteiger partial charge in [-0.3, -0.25) is 9.78 Å². The van der Waals surface area contributed by atoms with Crippen molar-refractivity contribution in [2.45, 2.75) is 0 Å². The van der Waals surface area contributed by atoms with E-state index in [0.717, 1.165) is 0 Å². The first kappa shape index (κ1) is 12.8. The van der Waals surface area contributed by atoms with Gasteiger partial charge in [-0.1, -0.05) is 0 Å². The third-order valence-electron chi connectivity index (χ3n) is 2.40. The smallest absolute Gasteiger partial charge is 0.261 e. The normalized spacial score (nSPS) is 9.79. The molecule has 0 aliphatic heterocycles. The SMILES string of the molecule is COc1ccc(C(=O)Nc2cccnc2)c(OC)n1. The Hall–Kier alpha value is -2.63. The van der Waals surface area contributed by atoms with Crippen LogP contribution in [0.2, 0.25) is 0 Å². The highest BCUT2D eigenvalue weighted by molar-refractivity contribution is 6.05. The first-order chi connectivity index (χ1) is 9.24. The first-order valence-electron chi connectivity index (χ1n) is 5.55.